The van der Waals surface area contributed by atoms with Gasteiger partial charge in [0.2, 0.25) is 5.91 Å². The molecular weight excluding hydrogens is 230 g/mol. The van der Waals surface area contributed by atoms with Crippen LogP contribution >= 0.6 is 0 Å². The van der Waals surface area contributed by atoms with Crippen LogP contribution in [0.3, 0.4) is 0 Å². The molecule has 94 valence electrons. The van der Waals surface area contributed by atoms with Crippen LogP contribution in [0.4, 0.5) is 0 Å². The number of amides is 1. The molecule has 0 aliphatic carbocycles. The highest BCUT2D eigenvalue weighted by atomic mass is 16.3. The van der Waals surface area contributed by atoms with E-state index in [-0.39, 0.29) is 13.1 Å². The Kier molecular flexibility index (Phi) is 4.61. The van der Waals surface area contributed by atoms with E-state index >= 15 is 0 Å². The molecule has 8 heteroatoms. The van der Waals surface area contributed by atoms with Crippen molar-refractivity contribution in [2.75, 3.05) is 13.2 Å². The van der Waals surface area contributed by atoms with Gasteiger partial charge in [-0.15, -0.1) is 0 Å². The molecule has 0 radical (unpaired) electrons. The van der Waals surface area contributed by atoms with Crippen LogP contribution in [0.1, 0.15) is 0 Å². The first-order valence-electron chi connectivity index (χ1n) is 4.88. The van der Waals surface area contributed by atoms with Crippen LogP contribution < -0.4 is 16.4 Å². The second-order valence-corrected chi connectivity index (χ2v) is 3.37. The van der Waals surface area contributed by atoms with Gasteiger partial charge in [0.15, 0.2) is 0 Å². The summed E-state index contributed by atoms with van der Waals surface area (Å²) in [6.45, 7) is -0.948. The third kappa shape index (κ3) is 4.21. The molecule has 1 rings (SSSR count). The van der Waals surface area contributed by atoms with Crippen LogP contribution in [0, 0.1) is 0 Å². The Bertz CT molecular complexity index is 492. The maximum Gasteiger partial charge on any atom is 0.265 e. The van der Waals surface area contributed by atoms with Gasteiger partial charge in [-0.3, -0.25) is 19.5 Å². The average Bonchev–Trinajstić information content (AvgIpc) is 2.30. The van der Waals surface area contributed by atoms with Crippen molar-refractivity contribution in [3.05, 3.63) is 32.8 Å². The van der Waals surface area contributed by atoms with Gasteiger partial charge in [0.25, 0.3) is 11.1 Å². The number of nitrogens with one attached hydrogen (secondary N) is 2. The third-order valence-corrected chi connectivity index (χ3v) is 1.94. The molecule has 17 heavy (non-hydrogen) atoms. The standard InChI is InChI=1S/C9H13N3O5/c13-5-6(14)3-10-8(16)4-12-9(17)2-1-7(15)11-12/h1-2,6,13-14H,3-5H2,(H,10,16)(H,11,15). The van der Waals surface area contributed by atoms with Gasteiger partial charge in [-0.2, -0.15) is 0 Å². The number of aromatic amines is 1. The lowest BCUT2D eigenvalue weighted by atomic mass is 10.4. The van der Waals surface area contributed by atoms with Crippen molar-refractivity contribution in [3.8, 4) is 0 Å². The molecule has 0 bridgehead atoms. The molecular formula is C9H13N3O5. The molecule has 1 aromatic rings. The molecule has 1 aromatic heterocycles. The predicted molar refractivity (Wildman–Crippen MR) is 57.4 cm³/mol. The maximum atomic E-state index is 11.3. The van der Waals surface area contributed by atoms with Crippen molar-refractivity contribution < 1.29 is 15.0 Å². The molecule has 0 saturated carbocycles. The van der Waals surface area contributed by atoms with Crippen molar-refractivity contribution in [2.45, 2.75) is 12.6 Å². The van der Waals surface area contributed by atoms with E-state index in [2.05, 4.69) is 10.4 Å². The molecule has 0 saturated heterocycles. The van der Waals surface area contributed by atoms with Crippen LogP contribution in [-0.4, -0.2) is 45.2 Å². The molecule has 0 spiro atoms. The summed E-state index contributed by atoms with van der Waals surface area (Å²) in [6.07, 6.45) is -1.05. The fourth-order valence-electron chi connectivity index (χ4n) is 1.08. The number of aromatic nitrogens is 2. The lowest BCUT2D eigenvalue weighted by molar-refractivity contribution is -0.122. The molecule has 4 N–H and O–H groups in total. The zero-order chi connectivity index (χ0) is 12.8. The topological polar surface area (TPSA) is 124 Å². The number of carbonyl (C=O) groups is 1. The van der Waals surface area contributed by atoms with Crippen molar-refractivity contribution in [3.63, 3.8) is 0 Å². The minimum absolute atomic E-state index is 0.124. The summed E-state index contributed by atoms with van der Waals surface area (Å²) in [5.74, 6) is -0.554. The number of rotatable bonds is 5. The summed E-state index contributed by atoms with van der Waals surface area (Å²) in [4.78, 5) is 33.5. The Morgan fingerprint density at radius 1 is 1.47 bits per heavy atom. The zero-order valence-electron chi connectivity index (χ0n) is 8.92. The first kappa shape index (κ1) is 13.1. The van der Waals surface area contributed by atoms with Gasteiger partial charge in [-0.1, -0.05) is 0 Å². The van der Waals surface area contributed by atoms with Gasteiger partial charge in [0.05, 0.1) is 12.7 Å². The van der Waals surface area contributed by atoms with E-state index in [4.69, 9.17) is 10.2 Å². The quantitative estimate of drug-likeness (QED) is 0.439. The molecule has 0 aliphatic rings. The highest BCUT2D eigenvalue weighted by molar-refractivity contribution is 5.75. The molecule has 1 amide bonds. The second-order valence-electron chi connectivity index (χ2n) is 3.37. The van der Waals surface area contributed by atoms with Crippen molar-refractivity contribution in [1.29, 1.82) is 0 Å². The summed E-state index contributed by atoms with van der Waals surface area (Å²) in [5, 5.41) is 22.0. The Morgan fingerprint density at radius 3 is 2.82 bits per heavy atom. The minimum atomic E-state index is -1.05. The monoisotopic (exact) mass is 243 g/mol. The van der Waals surface area contributed by atoms with E-state index in [9.17, 15) is 14.4 Å². The molecule has 0 aromatic carbocycles. The first-order chi connectivity index (χ1) is 8.02. The molecule has 1 atom stereocenters. The number of hydrogen-bond donors (Lipinski definition) is 4. The number of hydrogen-bond acceptors (Lipinski definition) is 5. The summed E-state index contributed by atoms with van der Waals surface area (Å²) >= 11 is 0. The molecule has 0 aliphatic heterocycles. The van der Waals surface area contributed by atoms with Gasteiger partial charge in [-0.05, 0) is 0 Å². The van der Waals surface area contributed by atoms with Crippen molar-refractivity contribution >= 4 is 5.91 Å². The highest BCUT2D eigenvalue weighted by Crippen LogP contribution is 1.79. The van der Waals surface area contributed by atoms with E-state index in [1.807, 2.05) is 0 Å². The highest BCUT2D eigenvalue weighted by Gasteiger charge is 2.07. The van der Waals surface area contributed by atoms with Gasteiger partial charge >= 0.3 is 0 Å². The van der Waals surface area contributed by atoms with Gasteiger partial charge in [0.1, 0.15) is 6.54 Å². The van der Waals surface area contributed by atoms with Crippen LogP contribution in [0.15, 0.2) is 21.7 Å². The molecule has 1 heterocycles. The summed E-state index contributed by atoms with van der Waals surface area (Å²) in [7, 11) is 0. The molecule has 1 unspecified atom stereocenters. The SMILES string of the molecule is O=C(Cn1[nH]c(=O)ccc1=O)NCC(O)CO. The van der Waals surface area contributed by atoms with E-state index in [1.54, 1.807) is 0 Å². The van der Waals surface area contributed by atoms with Gasteiger partial charge in [-0.25, -0.2) is 4.68 Å². The Morgan fingerprint density at radius 2 is 2.18 bits per heavy atom. The van der Waals surface area contributed by atoms with Gasteiger partial charge in [0, 0.05) is 18.7 Å². The van der Waals surface area contributed by atoms with Gasteiger partial charge < -0.3 is 15.5 Å². The predicted octanol–water partition coefficient (Wildman–Crippen LogP) is -2.99. The van der Waals surface area contributed by atoms with Crippen LogP contribution in [0.25, 0.3) is 0 Å². The Labute approximate surface area is 95.5 Å². The van der Waals surface area contributed by atoms with Crippen LogP contribution in [0.5, 0.6) is 0 Å². The third-order valence-electron chi connectivity index (χ3n) is 1.94. The summed E-state index contributed by atoms with van der Waals surface area (Å²) in [5.41, 5.74) is -1.00. The van der Waals surface area contributed by atoms with E-state index in [1.165, 1.54) is 0 Å². The Hall–Kier alpha value is -1.93. The number of nitrogens with zero attached hydrogens (tertiary/aromatic N) is 1. The second kappa shape index (κ2) is 5.97. The van der Waals surface area contributed by atoms with Crippen LogP contribution in [-0.2, 0) is 11.3 Å². The lowest BCUT2D eigenvalue weighted by Gasteiger charge is -2.09. The maximum absolute atomic E-state index is 11.3. The summed E-state index contributed by atoms with van der Waals surface area (Å²) < 4.78 is 0.850. The lowest BCUT2D eigenvalue weighted by Crippen LogP contribution is -2.39. The number of aliphatic hydroxyl groups excluding tert-OH is 2. The van der Waals surface area contributed by atoms with E-state index in [0.29, 0.717) is 0 Å². The number of carbonyl (C=O) groups excluding carboxylic acids is 1. The van der Waals surface area contributed by atoms with Crippen LogP contribution in [0.2, 0.25) is 0 Å². The summed E-state index contributed by atoms with van der Waals surface area (Å²) in [6, 6.07) is 2.11. The zero-order valence-corrected chi connectivity index (χ0v) is 8.92. The Balaban J connectivity index is 2.59. The van der Waals surface area contributed by atoms with E-state index < -0.39 is 29.7 Å². The fraction of sp³-hybridized carbons (Fsp3) is 0.444. The number of H-pyrrole nitrogens is 1. The fourth-order valence-corrected chi connectivity index (χ4v) is 1.08. The van der Waals surface area contributed by atoms with Crippen molar-refractivity contribution in [2.24, 2.45) is 0 Å². The van der Waals surface area contributed by atoms with Crippen molar-refractivity contribution in [1.82, 2.24) is 15.1 Å². The normalized spacial score (nSPS) is 12.1. The van der Waals surface area contributed by atoms with E-state index in [0.717, 1.165) is 16.8 Å². The minimum Gasteiger partial charge on any atom is -0.394 e. The molecule has 0 fully saturated rings. The first-order valence-corrected chi connectivity index (χ1v) is 4.88. The average molecular weight is 243 g/mol. The largest absolute Gasteiger partial charge is 0.394 e. The molecule has 8 nitrogen and oxygen atoms in total. The number of aliphatic hydroxyl groups is 2. The smallest absolute Gasteiger partial charge is 0.265 e.